The van der Waals surface area contributed by atoms with Crippen molar-refractivity contribution in [2.45, 2.75) is 23.5 Å². The maximum Gasteiger partial charge on any atom is 0.319 e. The molecule has 0 radical (unpaired) electrons. The van der Waals surface area contributed by atoms with Crippen LogP contribution in [0.2, 0.25) is 0 Å². The van der Waals surface area contributed by atoms with E-state index in [9.17, 15) is 9.59 Å². The first-order valence-corrected chi connectivity index (χ1v) is 9.33. The Hall–Kier alpha value is -2.60. The highest BCUT2D eigenvalue weighted by molar-refractivity contribution is 8.00. The van der Waals surface area contributed by atoms with Crippen LogP contribution >= 0.6 is 11.8 Å². The van der Waals surface area contributed by atoms with E-state index >= 15 is 0 Å². The Morgan fingerprint density at radius 3 is 2.46 bits per heavy atom. The van der Waals surface area contributed by atoms with Crippen LogP contribution in [0.15, 0.2) is 70.7 Å². The number of esters is 1. The summed E-state index contributed by atoms with van der Waals surface area (Å²) >= 11 is 1.41. The molecule has 0 fully saturated rings. The molecule has 1 heterocycles. The van der Waals surface area contributed by atoms with Gasteiger partial charge in [-0.05, 0) is 24.6 Å². The monoisotopic (exact) mass is 368 g/mol. The van der Waals surface area contributed by atoms with Gasteiger partial charge in [0.25, 0.3) is 5.91 Å². The lowest BCUT2D eigenvalue weighted by Crippen LogP contribution is -2.30. The van der Waals surface area contributed by atoms with Crippen molar-refractivity contribution in [3.63, 3.8) is 0 Å². The molecule has 0 aromatic heterocycles. The minimum absolute atomic E-state index is 0.288. The summed E-state index contributed by atoms with van der Waals surface area (Å²) in [6, 6.07) is 19.4. The van der Waals surface area contributed by atoms with E-state index in [2.05, 4.69) is 5.10 Å². The third-order valence-corrected chi connectivity index (χ3v) is 5.01. The van der Waals surface area contributed by atoms with E-state index in [-0.39, 0.29) is 17.8 Å². The Morgan fingerprint density at radius 2 is 1.77 bits per heavy atom. The molecule has 1 aliphatic heterocycles. The van der Waals surface area contributed by atoms with Gasteiger partial charge in [-0.3, -0.25) is 9.59 Å². The predicted molar refractivity (Wildman–Crippen MR) is 102 cm³/mol. The summed E-state index contributed by atoms with van der Waals surface area (Å²) in [5.41, 5.74) is 1.88. The Balaban J connectivity index is 1.49. The number of rotatable bonds is 6. The van der Waals surface area contributed by atoms with E-state index in [4.69, 9.17) is 4.74 Å². The van der Waals surface area contributed by atoms with Gasteiger partial charge in [-0.15, -0.1) is 11.8 Å². The van der Waals surface area contributed by atoms with Crippen LogP contribution in [0.5, 0.6) is 0 Å². The van der Waals surface area contributed by atoms with Crippen molar-refractivity contribution in [2.75, 3.05) is 13.2 Å². The van der Waals surface area contributed by atoms with Crippen LogP contribution in [0, 0.1) is 0 Å². The lowest BCUT2D eigenvalue weighted by Gasteiger charge is -2.14. The summed E-state index contributed by atoms with van der Waals surface area (Å²) in [6.45, 7) is 1.99. The third-order valence-electron chi connectivity index (χ3n) is 3.92. The van der Waals surface area contributed by atoms with Gasteiger partial charge in [0.1, 0.15) is 5.25 Å². The van der Waals surface area contributed by atoms with Crippen LogP contribution in [-0.4, -0.2) is 41.0 Å². The van der Waals surface area contributed by atoms with Crippen molar-refractivity contribution in [1.29, 1.82) is 0 Å². The number of carbonyl (C=O) groups is 2. The number of carbonyl (C=O) groups excluding carboxylic acids is 2. The summed E-state index contributed by atoms with van der Waals surface area (Å²) in [4.78, 5) is 25.3. The second-order valence-electron chi connectivity index (χ2n) is 5.86. The van der Waals surface area contributed by atoms with Crippen LogP contribution in [-0.2, 0) is 14.3 Å². The average molecular weight is 368 g/mol. The van der Waals surface area contributed by atoms with Gasteiger partial charge in [0.2, 0.25) is 0 Å². The summed E-state index contributed by atoms with van der Waals surface area (Å²) in [6.07, 6.45) is 0.698. The minimum Gasteiger partial charge on any atom is -0.455 e. The fraction of sp³-hybridized carbons (Fsp3) is 0.250. The standard InChI is InChI=1S/C20H20N2O3S/c1-15(26-17-10-6-3-7-11-17)20(24)25-14-19(23)22-13-12-18(21-22)16-8-4-2-5-9-16/h2-11,15H,12-14H2,1H3/t15-/m0/s1. The molecule has 0 bridgehead atoms. The maximum absolute atomic E-state index is 12.2. The fourth-order valence-corrected chi connectivity index (χ4v) is 3.43. The topological polar surface area (TPSA) is 59.0 Å². The maximum atomic E-state index is 12.2. The summed E-state index contributed by atoms with van der Waals surface area (Å²) in [7, 11) is 0. The lowest BCUT2D eigenvalue weighted by atomic mass is 10.1. The van der Waals surface area contributed by atoms with Crippen molar-refractivity contribution < 1.29 is 14.3 Å². The number of ether oxygens (including phenoxy) is 1. The summed E-state index contributed by atoms with van der Waals surface area (Å²) in [5.74, 6) is -0.708. The van der Waals surface area contributed by atoms with E-state index in [1.807, 2.05) is 60.7 Å². The van der Waals surface area contributed by atoms with Crippen molar-refractivity contribution in [3.8, 4) is 0 Å². The Morgan fingerprint density at radius 1 is 1.12 bits per heavy atom. The van der Waals surface area contributed by atoms with Crippen molar-refractivity contribution >= 4 is 29.4 Å². The van der Waals surface area contributed by atoms with Crippen LogP contribution in [0.3, 0.4) is 0 Å². The Kier molecular flexibility index (Phi) is 6.07. The number of hydrogen-bond acceptors (Lipinski definition) is 5. The first-order chi connectivity index (χ1) is 12.6. The normalized spacial score (nSPS) is 14.7. The Bertz CT molecular complexity index is 793. The first kappa shape index (κ1) is 18.2. The van der Waals surface area contributed by atoms with Crippen molar-refractivity contribution in [2.24, 2.45) is 5.10 Å². The van der Waals surface area contributed by atoms with Crippen LogP contribution in [0.1, 0.15) is 18.9 Å². The molecule has 2 aromatic rings. The Labute approximate surface area is 157 Å². The SMILES string of the molecule is C[C@H](Sc1ccccc1)C(=O)OCC(=O)N1CCC(c2ccccc2)=N1. The summed E-state index contributed by atoms with van der Waals surface area (Å²) in [5, 5.41) is 5.35. The molecule has 26 heavy (non-hydrogen) atoms. The number of hydrazone groups is 1. The molecule has 134 valence electrons. The second kappa shape index (κ2) is 8.67. The molecule has 0 unspecified atom stereocenters. The molecule has 2 aromatic carbocycles. The third kappa shape index (κ3) is 4.73. The second-order valence-corrected chi connectivity index (χ2v) is 7.27. The predicted octanol–water partition coefficient (Wildman–Crippen LogP) is 3.35. The molecule has 1 aliphatic rings. The molecule has 0 N–H and O–H groups in total. The zero-order chi connectivity index (χ0) is 18.4. The van der Waals surface area contributed by atoms with Gasteiger partial charge in [0.15, 0.2) is 6.61 Å². The smallest absolute Gasteiger partial charge is 0.319 e. The highest BCUT2D eigenvalue weighted by Crippen LogP contribution is 2.23. The van der Waals surface area contributed by atoms with Gasteiger partial charge >= 0.3 is 5.97 Å². The zero-order valence-electron chi connectivity index (χ0n) is 14.5. The van der Waals surface area contributed by atoms with Crippen LogP contribution in [0.25, 0.3) is 0 Å². The van der Waals surface area contributed by atoms with Gasteiger partial charge in [0.05, 0.1) is 12.3 Å². The molecule has 1 atom stereocenters. The van der Waals surface area contributed by atoms with Gasteiger partial charge in [0, 0.05) is 11.3 Å². The molecule has 3 rings (SSSR count). The fourth-order valence-electron chi connectivity index (χ4n) is 2.55. The van der Waals surface area contributed by atoms with E-state index in [0.717, 1.165) is 16.2 Å². The number of nitrogens with zero attached hydrogens (tertiary/aromatic N) is 2. The quantitative estimate of drug-likeness (QED) is 0.580. The number of thioether (sulfide) groups is 1. The molecule has 5 nitrogen and oxygen atoms in total. The van der Waals surface area contributed by atoms with Crippen LogP contribution in [0.4, 0.5) is 0 Å². The van der Waals surface area contributed by atoms with E-state index in [1.165, 1.54) is 16.8 Å². The lowest BCUT2D eigenvalue weighted by molar-refractivity contribution is -0.151. The van der Waals surface area contributed by atoms with E-state index < -0.39 is 5.97 Å². The number of hydrogen-bond donors (Lipinski definition) is 0. The highest BCUT2D eigenvalue weighted by atomic mass is 32.2. The average Bonchev–Trinajstić information content (AvgIpc) is 3.17. The number of benzene rings is 2. The minimum atomic E-state index is -0.404. The van der Waals surface area contributed by atoms with Crippen molar-refractivity contribution in [3.05, 3.63) is 66.2 Å². The van der Waals surface area contributed by atoms with Crippen LogP contribution < -0.4 is 0 Å². The zero-order valence-corrected chi connectivity index (χ0v) is 15.3. The van der Waals surface area contributed by atoms with E-state index in [1.54, 1.807) is 6.92 Å². The molecule has 1 amide bonds. The molecule has 0 saturated heterocycles. The first-order valence-electron chi connectivity index (χ1n) is 8.45. The molecule has 6 heteroatoms. The molecule has 0 spiro atoms. The highest BCUT2D eigenvalue weighted by Gasteiger charge is 2.24. The number of amides is 1. The molecule has 0 saturated carbocycles. The van der Waals surface area contributed by atoms with Gasteiger partial charge < -0.3 is 4.74 Å². The molecular formula is C20H20N2O3S. The van der Waals surface area contributed by atoms with Gasteiger partial charge in [-0.2, -0.15) is 5.10 Å². The summed E-state index contributed by atoms with van der Waals surface area (Å²) < 4.78 is 5.17. The molecule has 0 aliphatic carbocycles. The van der Waals surface area contributed by atoms with E-state index in [0.29, 0.717) is 13.0 Å². The van der Waals surface area contributed by atoms with Gasteiger partial charge in [-0.1, -0.05) is 48.5 Å². The largest absolute Gasteiger partial charge is 0.455 e. The van der Waals surface area contributed by atoms with Gasteiger partial charge in [-0.25, -0.2) is 5.01 Å². The van der Waals surface area contributed by atoms with Crippen molar-refractivity contribution in [1.82, 2.24) is 5.01 Å². The molecular weight excluding hydrogens is 348 g/mol.